The van der Waals surface area contributed by atoms with Crippen molar-refractivity contribution < 1.29 is 14.2 Å². The molecule has 2 fully saturated rings. The Bertz CT molecular complexity index is 1680. The number of methoxy groups -OCH3 is 1. The van der Waals surface area contributed by atoms with Crippen LogP contribution in [0.3, 0.4) is 0 Å². The highest BCUT2D eigenvalue weighted by Crippen LogP contribution is 2.37. The Labute approximate surface area is 231 Å². The van der Waals surface area contributed by atoms with Gasteiger partial charge < -0.3 is 19.5 Å². The van der Waals surface area contributed by atoms with E-state index in [0.29, 0.717) is 24.8 Å². The number of nitrogens with one attached hydrogen (secondary N) is 1. The first-order chi connectivity index (χ1) is 19.6. The number of hydrogen-bond acceptors (Lipinski definition) is 9. The third-order valence-electron chi connectivity index (χ3n) is 7.31. The molecule has 0 atom stereocenters. The van der Waals surface area contributed by atoms with Crippen LogP contribution < -0.4 is 10.1 Å². The molecule has 11 heteroatoms. The number of nitrogens with zero attached hydrogens (tertiary/aromatic N) is 7. The fraction of sp³-hybridized carbons (Fsp3) is 0.345. The topological polar surface area (TPSA) is 114 Å². The van der Waals surface area contributed by atoms with Gasteiger partial charge in [-0.05, 0) is 62.9 Å². The van der Waals surface area contributed by atoms with Crippen molar-refractivity contribution in [3.8, 4) is 22.8 Å². The molecular weight excluding hydrogens is 508 g/mol. The summed E-state index contributed by atoms with van der Waals surface area (Å²) < 4.78 is 21.5. The molecule has 1 aromatic carbocycles. The van der Waals surface area contributed by atoms with E-state index in [1.54, 1.807) is 13.4 Å². The van der Waals surface area contributed by atoms with Crippen LogP contribution in [0.25, 0.3) is 28.1 Å². The maximum absolute atomic E-state index is 5.88. The minimum absolute atomic E-state index is 0.458. The Hall–Kier alpha value is -4.35. The first kappa shape index (κ1) is 24.7. The van der Waals surface area contributed by atoms with Gasteiger partial charge in [0.1, 0.15) is 17.9 Å². The maximum atomic E-state index is 5.88. The van der Waals surface area contributed by atoms with Crippen LogP contribution in [0.15, 0.2) is 48.9 Å². The van der Waals surface area contributed by atoms with Gasteiger partial charge in [0.2, 0.25) is 0 Å². The van der Waals surface area contributed by atoms with E-state index in [2.05, 4.69) is 26.7 Å². The van der Waals surface area contributed by atoms with E-state index in [0.717, 1.165) is 63.2 Å². The van der Waals surface area contributed by atoms with Crippen LogP contribution in [0.2, 0.25) is 0 Å². The van der Waals surface area contributed by atoms with Crippen LogP contribution in [-0.2, 0) is 16.0 Å². The first-order valence-corrected chi connectivity index (χ1v) is 13.5. The highest BCUT2D eigenvalue weighted by Gasteiger charge is 2.27. The minimum atomic E-state index is -0.458. The number of rotatable bonds is 8. The lowest BCUT2D eigenvalue weighted by atomic mass is 10.1. The molecular formula is C29H30N8O3. The second-order valence-corrected chi connectivity index (χ2v) is 10.3. The van der Waals surface area contributed by atoms with Gasteiger partial charge in [-0.25, -0.2) is 9.97 Å². The van der Waals surface area contributed by atoms with Crippen LogP contribution in [0, 0.1) is 19.8 Å². The molecule has 2 aliphatic rings. The van der Waals surface area contributed by atoms with Gasteiger partial charge in [0.15, 0.2) is 12.1 Å². The average Bonchev–Trinajstić information content (AvgIpc) is 3.31. The molecule has 204 valence electrons. The molecule has 1 N–H and O–H groups in total. The van der Waals surface area contributed by atoms with E-state index in [1.165, 1.54) is 12.8 Å². The normalized spacial score (nSPS) is 15.7. The molecule has 1 saturated heterocycles. The summed E-state index contributed by atoms with van der Waals surface area (Å²) in [5.74, 6) is 2.72. The smallest absolute Gasteiger partial charge is 0.186 e. The largest absolute Gasteiger partial charge is 0.494 e. The van der Waals surface area contributed by atoms with Crippen molar-refractivity contribution in [2.24, 2.45) is 5.92 Å². The number of fused-ring (bicyclic) bond motifs is 1. The van der Waals surface area contributed by atoms with Crippen molar-refractivity contribution in [1.29, 1.82) is 0 Å². The summed E-state index contributed by atoms with van der Waals surface area (Å²) in [5.41, 5.74) is 6.83. The Kier molecular flexibility index (Phi) is 6.17. The zero-order chi connectivity index (χ0) is 27.2. The summed E-state index contributed by atoms with van der Waals surface area (Å²) in [5, 5.41) is 16.4. The van der Waals surface area contributed by atoms with Crippen molar-refractivity contribution in [1.82, 2.24) is 34.5 Å². The van der Waals surface area contributed by atoms with Crippen molar-refractivity contribution in [2.45, 2.75) is 39.5 Å². The van der Waals surface area contributed by atoms with E-state index < -0.39 is 6.29 Å². The lowest BCUT2D eigenvalue weighted by molar-refractivity contribution is -0.0438. The number of aryl methyl sites for hydroxylation is 2. The van der Waals surface area contributed by atoms with E-state index in [4.69, 9.17) is 24.3 Å². The quantitative estimate of drug-likeness (QED) is 0.295. The molecule has 4 aromatic heterocycles. The number of anilines is 2. The number of pyridine rings is 1. The molecule has 5 aromatic rings. The summed E-state index contributed by atoms with van der Waals surface area (Å²) in [6.07, 6.45) is 5.95. The van der Waals surface area contributed by atoms with Gasteiger partial charge in [0.25, 0.3) is 0 Å². The van der Waals surface area contributed by atoms with Crippen molar-refractivity contribution in [2.75, 3.05) is 25.6 Å². The van der Waals surface area contributed by atoms with Gasteiger partial charge in [0.05, 0.1) is 54.1 Å². The van der Waals surface area contributed by atoms with Crippen LogP contribution >= 0.6 is 0 Å². The summed E-state index contributed by atoms with van der Waals surface area (Å²) in [7, 11) is 1.64. The molecule has 0 amide bonds. The zero-order valence-corrected chi connectivity index (χ0v) is 22.7. The predicted molar refractivity (Wildman–Crippen MR) is 149 cm³/mol. The average molecular weight is 539 g/mol. The molecule has 1 saturated carbocycles. The Balaban J connectivity index is 1.29. The number of aromatic nitrogens is 7. The summed E-state index contributed by atoms with van der Waals surface area (Å²) in [4.78, 5) is 9.81. The molecule has 11 nitrogen and oxygen atoms in total. The van der Waals surface area contributed by atoms with Crippen LogP contribution in [0.1, 0.15) is 36.1 Å². The Morgan fingerprint density at radius 2 is 1.90 bits per heavy atom. The zero-order valence-electron chi connectivity index (χ0n) is 22.7. The number of hydrogen-bond donors (Lipinski definition) is 1. The Morgan fingerprint density at radius 3 is 2.65 bits per heavy atom. The summed E-state index contributed by atoms with van der Waals surface area (Å²) in [6.45, 7) is 5.97. The molecule has 0 spiro atoms. The van der Waals surface area contributed by atoms with Gasteiger partial charge in [-0.15, -0.1) is 5.10 Å². The van der Waals surface area contributed by atoms with Crippen molar-refractivity contribution in [3.05, 3.63) is 65.9 Å². The van der Waals surface area contributed by atoms with Crippen LogP contribution in [-0.4, -0.2) is 54.8 Å². The minimum Gasteiger partial charge on any atom is -0.494 e. The van der Waals surface area contributed by atoms with Gasteiger partial charge in [-0.2, -0.15) is 10.2 Å². The first-order valence-electron chi connectivity index (χ1n) is 13.5. The number of ether oxygens (including phenoxy) is 3. The molecule has 1 aliphatic carbocycles. The van der Waals surface area contributed by atoms with E-state index in [1.807, 2.05) is 59.5 Å². The molecule has 0 unspecified atom stereocenters. The van der Waals surface area contributed by atoms with Crippen LogP contribution in [0.5, 0.6) is 5.75 Å². The molecule has 0 bridgehead atoms. The SMILES string of the molecule is COc1cc2c(cc1Nc1ccc(C)nn1)ncn2-c1ccc(C2OCCO2)c(-c2cn(CC3CC3)nc2C)n1. The maximum Gasteiger partial charge on any atom is 0.186 e. The van der Waals surface area contributed by atoms with Gasteiger partial charge in [0, 0.05) is 29.9 Å². The third-order valence-corrected chi connectivity index (χ3v) is 7.31. The fourth-order valence-corrected chi connectivity index (χ4v) is 5.04. The van der Waals surface area contributed by atoms with Gasteiger partial charge in [-0.3, -0.25) is 9.25 Å². The fourth-order valence-electron chi connectivity index (χ4n) is 5.04. The predicted octanol–water partition coefficient (Wildman–Crippen LogP) is 4.90. The highest BCUT2D eigenvalue weighted by molar-refractivity contribution is 5.86. The van der Waals surface area contributed by atoms with Crippen molar-refractivity contribution >= 4 is 22.5 Å². The van der Waals surface area contributed by atoms with Crippen molar-refractivity contribution in [3.63, 3.8) is 0 Å². The second-order valence-electron chi connectivity index (χ2n) is 10.3. The van der Waals surface area contributed by atoms with Crippen LogP contribution in [0.4, 0.5) is 11.5 Å². The molecule has 0 radical (unpaired) electrons. The molecule has 7 rings (SSSR count). The molecule has 40 heavy (non-hydrogen) atoms. The standard InChI is InChI=1S/C29H30N8O3/c1-17-4-8-26(34-33-17)31-23-12-22-24(13-25(23)38-3)37(16-30-22)27-9-7-20(29-39-10-11-40-29)28(32-27)21-15-36(35-18(21)2)14-19-5-6-19/h4,7-9,12-13,15-16,19,29H,5-6,10-11,14H2,1-3H3,(H,31,34). The van der Waals surface area contributed by atoms with Gasteiger partial charge >= 0.3 is 0 Å². The van der Waals surface area contributed by atoms with E-state index in [-0.39, 0.29) is 0 Å². The highest BCUT2D eigenvalue weighted by atomic mass is 16.7. The number of imidazole rings is 1. The number of benzene rings is 1. The van der Waals surface area contributed by atoms with Gasteiger partial charge in [-0.1, -0.05) is 0 Å². The molecule has 1 aliphatic heterocycles. The third kappa shape index (κ3) is 4.67. The van der Waals surface area contributed by atoms with E-state index in [9.17, 15) is 0 Å². The second kappa shape index (κ2) is 10.00. The lowest BCUT2D eigenvalue weighted by Crippen LogP contribution is -2.06. The summed E-state index contributed by atoms with van der Waals surface area (Å²) >= 11 is 0. The monoisotopic (exact) mass is 538 g/mol. The Morgan fingerprint density at radius 1 is 1.05 bits per heavy atom. The lowest BCUT2D eigenvalue weighted by Gasteiger charge is -2.16. The van der Waals surface area contributed by atoms with E-state index >= 15 is 0 Å². The molecule has 5 heterocycles. The summed E-state index contributed by atoms with van der Waals surface area (Å²) in [6, 6.07) is 11.7.